The van der Waals surface area contributed by atoms with Crippen LogP contribution in [0, 0.1) is 0 Å². The highest BCUT2D eigenvalue weighted by Crippen LogP contribution is 2.35. The zero-order chi connectivity index (χ0) is 19.8. The maximum Gasteiger partial charge on any atom is 0.207 e. The molecule has 0 aliphatic carbocycles. The third kappa shape index (κ3) is 3.51. The molecule has 0 bridgehead atoms. The van der Waals surface area contributed by atoms with Crippen LogP contribution in [0.15, 0.2) is 6.33 Å². The van der Waals surface area contributed by atoms with E-state index in [1.807, 2.05) is 13.8 Å². The summed E-state index contributed by atoms with van der Waals surface area (Å²) in [5.41, 5.74) is 6.75. The topological polar surface area (TPSA) is 150 Å². The molecule has 0 unspecified atom stereocenters. The van der Waals surface area contributed by atoms with E-state index in [1.165, 1.54) is 6.33 Å². The van der Waals surface area contributed by atoms with Crippen LogP contribution in [0.25, 0.3) is 11.2 Å². The van der Waals surface area contributed by atoms with Crippen LogP contribution in [-0.4, -0.2) is 80.0 Å². The zero-order valence-electron chi connectivity index (χ0n) is 15.9. The van der Waals surface area contributed by atoms with Gasteiger partial charge in [0.2, 0.25) is 5.95 Å². The lowest BCUT2D eigenvalue weighted by Gasteiger charge is -2.20. The fourth-order valence-electron chi connectivity index (χ4n) is 3.48. The van der Waals surface area contributed by atoms with Crippen LogP contribution in [0.2, 0.25) is 0 Å². The third-order valence-corrected chi connectivity index (χ3v) is 4.90. The van der Waals surface area contributed by atoms with Gasteiger partial charge in [0, 0.05) is 12.6 Å². The molecule has 154 valence electrons. The quantitative estimate of drug-likeness (QED) is 0.512. The van der Waals surface area contributed by atoms with Gasteiger partial charge in [-0.05, 0) is 20.3 Å². The second-order valence-electron chi connectivity index (χ2n) is 7.40. The monoisotopic (exact) mass is 394 g/mol. The van der Waals surface area contributed by atoms with Crippen molar-refractivity contribution in [1.29, 1.82) is 0 Å². The molecule has 2 aromatic heterocycles. The first-order valence-corrected chi connectivity index (χ1v) is 9.41. The first-order valence-electron chi connectivity index (χ1n) is 9.41. The van der Waals surface area contributed by atoms with Crippen LogP contribution in [0.4, 0.5) is 11.8 Å². The molecule has 0 spiro atoms. The van der Waals surface area contributed by atoms with Crippen molar-refractivity contribution in [3.8, 4) is 0 Å². The number of rotatable bonds is 6. The molecule has 2 aromatic rings. The Hall–Kier alpha value is -2.05. The van der Waals surface area contributed by atoms with Crippen molar-refractivity contribution in [2.24, 2.45) is 0 Å². The number of nitrogens with one attached hydrogen (secondary N) is 1. The van der Waals surface area contributed by atoms with Gasteiger partial charge < -0.3 is 35.5 Å². The van der Waals surface area contributed by atoms with Crippen molar-refractivity contribution in [2.45, 2.75) is 57.0 Å². The van der Waals surface area contributed by atoms with Crippen LogP contribution in [0.5, 0.6) is 0 Å². The van der Waals surface area contributed by atoms with E-state index in [9.17, 15) is 10.2 Å². The molecule has 0 amide bonds. The van der Waals surface area contributed by atoms with Crippen molar-refractivity contribution >= 4 is 22.9 Å². The molecule has 5 N–H and O–H groups in total. The van der Waals surface area contributed by atoms with Crippen LogP contribution < -0.4 is 11.1 Å². The minimum atomic E-state index is -1.19. The summed E-state index contributed by atoms with van der Waals surface area (Å²) in [7, 11) is 0. The summed E-state index contributed by atoms with van der Waals surface area (Å²) in [6, 6.07) is 0.0645. The fraction of sp³-hybridized carbons (Fsp3) is 0.706. The van der Waals surface area contributed by atoms with Gasteiger partial charge in [-0.2, -0.15) is 0 Å². The summed E-state index contributed by atoms with van der Waals surface area (Å²) < 4.78 is 18.6. The van der Waals surface area contributed by atoms with Gasteiger partial charge in [-0.25, -0.2) is 15.0 Å². The average molecular weight is 394 g/mol. The summed E-state index contributed by atoms with van der Waals surface area (Å²) in [5, 5.41) is 24.4. The number of hydrogen-bond donors (Lipinski definition) is 4. The largest absolute Gasteiger partial charge is 0.387 e. The zero-order valence-corrected chi connectivity index (χ0v) is 15.9. The summed E-state index contributed by atoms with van der Waals surface area (Å²) in [6.45, 7) is 5.26. The van der Waals surface area contributed by atoms with Crippen LogP contribution in [-0.2, 0) is 14.2 Å². The molecule has 4 rings (SSSR count). The maximum atomic E-state index is 10.7. The number of aromatic nitrogens is 4. The van der Waals surface area contributed by atoms with Crippen LogP contribution in [0.3, 0.4) is 0 Å². The predicted octanol–water partition coefficient (Wildman–Crippen LogP) is -0.346. The fourth-order valence-corrected chi connectivity index (χ4v) is 3.48. The molecule has 2 saturated heterocycles. The minimum absolute atomic E-state index is 0.0215. The van der Waals surface area contributed by atoms with E-state index in [2.05, 4.69) is 20.3 Å². The van der Waals surface area contributed by atoms with Crippen LogP contribution in [0.1, 0.15) is 26.5 Å². The van der Waals surface area contributed by atoms with Gasteiger partial charge in [0.25, 0.3) is 0 Å². The highest BCUT2D eigenvalue weighted by Gasteiger charge is 2.45. The molecule has 0 aromatic carbocycles. The molecule has 2 aliphatic rings. The molecule has 5 atom stereocenters. The molecule has 0 radical (unpaired) electrons. The number of nitrogen functional groups attached to an aromatic ring is 1. The molecule has 11 heteroatoms. The molecule has 28 heavy (non-hydrogen) atoms. The number of nitrogens with two attached hydrogens (primary N) is 1. The van der Waals surface area contributed by atoms with E-state index in [0.717, 1.165) is 6.42 Å². The number of anilines is 2. The first-order chi connectivity index (χ1) is 13.5. The average Bonchev–Trinajstić information content (AvgIpc) is 3.34. The Labute approximate surface area is 161 Å². The van der Waals surface area contributed by atoms with Gasteiger partial charge in [-0.15, -0.1) is 0 Å². The predicted molar refractivity (Wildman–Crippen MR) is 99.6 cm³/mol. The Morgan fingerprint density at radius 1 is 1.36 bits per heavy atom. The minimum Gasteiger partial charge on any atom is -0.387 e. The SMILES string of the molecule is CC(C)Nc1nc2c(N)ncnc2n1[C@@H]1O[C@H](CO[C@@H]2CCOC2)[C@@H](O)[C@H]1O. The smallest absolute Gasteiger partial charge is 0.207 e. The second-order valence-corrected chi connectivity index (χ2v) is 7.40. The Balaban J connectivity index is 1.62. The number of aliphatic hydroxyl groups is 2. The summed E-state index contributed by atoms with van der Waals surface area (Å²) in [6.07, 6.45) is -1.78. The molecule has 4 heterocycles. The van der Waals surface area contributed by atoms with Crippen molar-refractivity contribution in [2.75, 3.05) is 30.9 Å². The third-order valence-electron chi connectivity index (χ3n) is 4.90. The van der Waals surface area contributed by atoms with E-state index in [1.54, 1.807) is 4.57 Å². The molecular formula is C17H26N6O5. The standard InChI is InChI=1S/C17H26N6O5/c1-8(2)21-17-22-11-14(18)19-7-20-15(11)23(17)16-13(25)12(24)10(28-16)6-27-9-3-4-26-5-9/h7-10,12-13,16,24-25H,3-6H2,1-2H3,(H,21,22)(H2,18,19,20)/t9-,10-,12-,13-,16-/m1/s1. The van der Waals surface area contributed by atoms with Gasteiger partial charge in [-0.3, -0.25) is 4.57 Å². The Morgan fingerprint density at radius 3 is 2.89 bits per heavy atom. The number of ether oxygens (including phenoxy) is 3. The summed E-state index contributed by atoms with van der Waals surface area (Å²) in [4.78, 5) is 12.7. The van der Waals surface area contributed by atoms with Gasteiger partial charge in [0.15, 0.2) is 23.2 Å². The van der Waals surface area contributed by atoms with Crippen molar-refractivity contribution in [3.63, 3.8) is 0 Å². The van der Waals surface area contributed by atoms with E-state index >= 15 is 0 Å². The Kier molecular flexibility index (Phi) is 5.34. The van der Waals surface area contributed by atoms with Crippen molar-refractivity contribution in [1.82, 2.24) is 19.5 Å². The maximum absolute atomic E-state index is 10.7. The highest BCUT2D eigenvalue weighted by molar-refractivity contribution is 5.84. The normalized spacial score (nSPS) is 30.5. The van der Waals surface area contributed by atoms with Crippen molar-refractivity contribution < 1.29 is 24.4 Å². The number of aliphatic hydroxyl groups excluding tert-OH is 2. The van der Waals surface area contributed by atoms with E-state index in [0.29, 0.717) is 30.3 Å². The number of imidazole rings is 1. The first kappa shape index (κ1) is 19.3. The molecule has 2 aliphatic heterocycles. The lowest BCUT2D eigenvalue weighted by atomic mass is 10.1. The molecule has 11 nitrogen and oxygen atoms in total. The molecular weight excluding hydrogens is 368 g/mol. The van der Waals surface area contributed by atoms with Gasteiger partial charge >= 0.3 is 0 Å². The summed E-state index contributed by atoms with van der Waals surface area (Å²) in [5.74, 6) is 0.656. The van der Waals surface area contributed by atoms with E-state index in [-0.39, 0.29) is 24.6 Å². The Bertz CT molecular complexity index is 824. The number of fused-ring (bicyclic) bond motifs is 1. The van der Waals surface area contributed by atoms with Crippen LogP contribution >= 0.6 is 0 Å². The number of hydrogen-bond acceptors (Lipinski definition) is 10. The lowest BCUT2D eigenvalue weighted by Crippen LogP contribution is -2.35. The van der Waals surface area contributed by atoms with E-state index in [4.69, 9.17) is 19.9 Å². The number of nitrogens with zero attached hydrogens (tertiary/aromatic N) is 4. The second kappa shape index (κ2) is 7.76. The lowest BCUT2D eigenvalue weighted by molar-refractivity contribution is -0.0805. The van der Waals surface area contributed by atoms with Gasteiger partial charge in [0.1, 0.15) is 24.6 Å². The molecule has 0 saturated carbocycles. The summed E-state index contributed by atoms with van der Waals surface area (Å²) >= 11 is 0. The molecule has 2 fully saturated rings. The highest BCUT2D eigenvalue weighted by atomic mass is 16.6. The van der Waals surface area contributed by atoms with E-state index < -0.39 is 24.5 Å². The van der Waals surface area contributed by atoms with Gasteiger partial charge in [-0.1, -0.05) is 0 Å². The van der Waals surface area contributed by atoms with Crippen molar-refractivity contribution in [3.05, 3.63) is 6.33 Å². The van der Waals surface area contributed by atoms with Gasteiger partial charge in [0.05, 0.1) is 19.3 Å². The Morgan fingerprint density at radius 2 is 2.18 bits per heavy atom.